The lowest BCUT2D eigenvalue weighted by Crippen LogP contribution is -2.34. The van der Waals surface area contributed by atoms with Gasteiger partial charge in [0.15, 0.2) is 0 Å². The number of methoxy groups -OCH3 is 1. The van der Waals surface area contributed by atoms with Crippen molar-refractivity contribution in [3.63, 3.8) is 0 Å². The molecule has 0 bridgehead atoms. The molecule has 0 fully saturated rings. The molecule has 8 heteroatoms. The summed E-state index contributed by atoms with van der Waals surface area (Å²) in [6, 6.07) is 5.64. The SMILES string of the molecule is CCSC1=C(c2ccc([N+](=O)[O-])cc2)C(=O)N(CCOC)C1=O. The van der Waals surface area contributed by atoms with Crippen LogP contribution in [0.15, 0.2) is 29.2 Å². The van der Waals surface area contributed by atoms with Crippen LogP contribution in [0.1, 0.15) is 12.5 Å². The maximum Gasteiger partial charge on any atom is 0.269 e. The van der Waals surface area contributed by atoms with E-state index in [9.17, 15) is 19.7 Å². The van der Waals surface area contributed by atoms with Gasteiger partial charge in [-0.1, -0.05) is 6.92 Å². The molecule has 122 valence electrons. The summed E-state index contributed by atoms with van der Waals surface area (Å²) in [6.45, 7) is 2.33. The van der Waals surface area contributed by atoms with Crippen LogP contribution < -0.4 is 0 Å². The lowest BCUT2D eigenvalue weighted by Gasteiger charge is -2.14. The fourth-order valence-electron chi connectivity index (χ4n) is 2.22. The fraction of sp³-hybridized carbons (Fsp3) is 0.333. The van der Waals surface area contributed by atoms with Crippen LogP contribution in [0.2, 0.25) is 0 Å². The molecule has 1 aliphatic rings. The van der Waals surface area contributed by atoms with Crippen molar-refractivity contribution in [2.24, 2.45) is 0 Å². The van der Waals surface area contributed by atoms with Crippen molar-refractivity contribution in [3.8, 4) is 0 Å². The van der Waals surface area contributed by atoms with Crippen LogP contribution in [0.4, 0.5) is 5.69 Å². The van der Waals surface area contributed by atoms with E-state index in [-0.39, 0.29) is 24.7 Å². The lowest BCUT2D eigenvalue weighted by molar-refractivity contribution is -0.384. The van der Waals surface area contributed by atoms with Crippen molar-refractivity contribution < 1.29 is 19.2 Å². The number of nitro benzene ring substituents is 1. The zero-order valence-corrected chi connectivity index (χ0v) is 13.6. The third kappa shape index (κ3) is 3.43. The second-order valence-electron chi connectivity index (χ2n) is 4.70. The highest BCUT2D eigenvalue weighted by Gasteiger charge is 2.38. The van der Waals surface area contributed by atoms with Gasteiger partial charge in [-0.05, 0) is 23.4 Å². The Hall–Kier alpha value is -2.19. The third-order valence-electron chi connectivity index (χ3n) is 3.30. The first kappa shape index (κ1) is 17.2. The van der Waals surface area contributed by atoms with E-state index in [4.69, 9.17) is 4.74 Å². The van der Waals surface area contributed by atoms with Gasteiger partial charge in [0.05, 0.1) is 28.6 Å². The zero-order chi connectivity index (χ0) is 17.0. The Bertz CT molecular complexity index is 669. The summed E-state index contributed by atoms with van der Waals surface area (Å²) in [5.74, 6) is -0.0905. The van der Waals surface area contributed by atoms with Gasteiger partial charge in [-0.2, -0.15) is 0 Å². The van der Waals surface area contributed by atoms with Gasteiger partial charge in [0, 0.05) is 19.2 Å². The lowest BCUT2D eigenvalue weighted by atomic mass is 10.1. The van der Waals surface area contributed by atoms with E-state index in [0.29, 0.717) is 21.8 Å². The van der Waals surface area contributed by atoms with Crippen molar-refractivity contribution in [3.05, 3.63) is 44.8 Å². The van der Waals surface area contributed by atoms with E-state index in [0.717, 1.165) is 4.90 Å². The van der Waals surface area contributed by atoms with E-state index in [1.54, 1.807) is 0 Å². The number of imide groups is 1. The molecule has 0 unspecified atom stereocenters. The third-order valence-corrected chi connectivity index (χ3v) is 4.26. The molecule has 0 spiro atoms. The summed E-state index contributed by atoms with van der Waals surface area (Å²) < 4.78 is 4.93. The number of hydrogen-bond acceptors (Lipinski definition) is 6. The van der Waals surface area contributed by atoms with Crippen LogP contribution in [0.25, 0.3) is 5.57 Å². The molecule has 2 amide bonds. The molecule has 0 N–H and O–H groups in total. The molecule has 0 saturated carbocycles. The summed E-state index contributed by atoms with van der Waals surface area (Å²) >= 11 is 1.29. The molecular weight excluding hydrogens is 320 g/mol. The van der Waals surface area contributed by atoms with Crippen LogP contribution in [-0.2, 0) is 14.3 Å². The van der Waals surface area contributed by atoms with E-state index < -0.39 is 10.8 Å². The maximum absolute atomic E-state index is 12.6. The van der Waals surface area contributed by atoms with E-state index in [1.807, 2.05) is 6.92 Å². The van der Waals surface area contributed by atoms with Gasteiger partial charge in [0.25, 0.3) is 17.5 Å². The normalized spacial score (nSPS) is 14.8. The number of benzene rings is 1. The number of non-ortho nitro benzene ring substituents is 1. The van der Waals surface area contributed by atoms with Crippen LogP contribution in [0.5, 0.6) is 0 Å². The standard InChI is InChI=1S/C15H16N2O5S/c1-3-23-13-12(10-4-6-11(7-5-10)17(20)21)14(18)16(15(13)19)8-9-22-2/h4-7H,3,8-9H2,1-2H3. The van der Waals surface area contributed by atoms with Crippen LogP contribution >= 0.6 is 11.8 Å². The maximum atomic E-state index is 12.6. The molecular formula is C15H16N2O5S. The van der Waals surface area contributed by atoms with Crippen LogP contribution in [-0.4, -0.2) is 47.7 Å². The molecule has 23 heavy (non-hydrogen) atoms. The predicted octanol–water partition coefficient (Wildman–Crippen LogP) is 2.07. The molecule has 1 aliphatic heterocycles. The monoisotopic (exact) mass is 336 g/mol. The Balaban J connectivity index is 2.40. The molecule has 2 rings (SSSR count). The van der Waals surface area contributed by atoms with Gasteiger partial charge in [-0.25, -0.2) is 0 Å². The summed E-state index contributed by atoms with van der Waals surface area (Å²) in [7, 11) is 1.50. The van der Waals surface area contributed by atoms with Gasteiger partial charge in [0.2, 0.25) is 0 Å². The number of amides is 2. The van der Waals surface area contributed by atoms with Gasteiger partial charge in [-0.15, -0.1) is 11.8 Å². The van der Waals surface area contributed by atoms with Crippen molar-refractivity contribution in [1.29, 1.82) is 0 Å². The quantitative estimate of drug-likeness (QED) is 0.430. The Kier molecular flexibility index (Phi) is 5.51. The molecule has 1 heterocycles. The number of rotatable bonds is 7. The Labute approximate surface area is 137 Å². The average Bonchev–Trinajstić information content (AvgIpc) is 2.77. The summed E-state index contributed by atoms with van der Waals surface area (Å²) in [5.41, 5.74) is 0.740. The first-order valence-corrected chi connectivity index (χ1v) is 7.96. The van der Waals surface area contributed by atoms with Gasteiger partial charge in [-0.3, -0.25) is 24.6 Å². The molecule has 0 atom stereocenters. The number of ether oxygens (including phenoxy) is 1. The van der Waals surface area contributed by atoms with Crippen molar-refractivity contribution in [2.75, 3.05) is 26.0 Å². The van der Waals surface area contributed by atoms with Crippen molar-refractivity contribution >= 4 is 34.8 Å². The van der Waals surface area contributed by atoms with Gasteiger partial charge < -0.3 is 4.74 Å². The molecule has 1 aromatic carbocycles. The number of carbonyl (C=O) groups excluding carboxylic acids is 2. The zero-order valence-electron chi connectivity index (χ0n) is 12.8. The van der Waals surface area contributed by atoms with E-state index in [2.05, 4.69) is 0 Å². The number of nitrogens with zero attached hydrogens (tertiary/aromatic N) is 2. The topological polar surface area (TPSA) is 89.8 Å². The Morgan fingerprint density at radius 3 is 2.39 bits per heavy atom. The molecule has 0 aliphatic carbocycles. The summed E-state index contributed by atoms with van der Waals surface area (Å²) in [5, 5.41) is 10.7. The first-order valence-electron chi connectivity index (χ1n) is 6.98. The van der Waals surface area contributed by atoms with Crippen LogP contribution in [0, 0.1) is 10.1 Å². The fourth-order valence-corrected chi connectivity index (χ4v) is 3.09. The molecule has 1 aromatic rings. The first-order chi connectivity index (χ1) is 11.0. The second-order valence-corrected chi connectivity index (χ2v) is 5.97. The minimum Gasteiger partial charge on any atom is -0.383 e. The Morgan fingerprint density at radius 1 is 1.22 bits per heavy atom. The molecule has 7 nitrogen and oxygen atoms in total. The number of thioether (sulfide) groups is 1. The van der Waals surface area contributed by atoms with Crippen LogP contribution in [0.3, 0.4) is 0 Å². The summed E-state index contributed by atoms with van der Waals surface area (Å²) in [6.07, 6.45) is 0. The second kappa shape index (κ2) is 7.38. The van der Waals surface area contributed by atoms with Gasteiger partial charge >= 0.3 is 0 Å². The minimum atomic E-state index is -0.508. The molecule has 0 aromatic heterocycles. The molecule has 0 radical (unpaired) electrons. The Morgan fingerprint density at radius 2 is 1.87 bits per heavy atom. The van der Waals surface area contributed by atoms with Crippen molar-refractivity contribution in [1.82, 2.24) is 4.90 Å². The smallest absolute Gasteiger partial charge is 0.269 e. The number of carbonyl (C=O) groups is 2. The van der Waals surface area contributed by atoms with Gasteiger partial charge in [0.1, 0.15) is 0 Å². The summed E-state index contributed by atoms with van der Waals surface area (Å²) in [4.78, 5) is 36.8. The number of nitro groups is 1. The number of hydrogen-bond donors (Lipinski definition) is 0. The largest absolute Gasteiger partial charge is 0.383 e. The molecule has 0 saturated heterocycles. The van der Waals surface area contributed by atoms with Crippen molar-refractivity contribution in [2.45, 2.75) is 6.92 Å². The minimum absolute atomic E-state index is 0.0629. The highest BCUT2D eigenvalue weighted by atomic mass is 32.2. The van der Waals surface area contributed by atoms with E-state index >= 15 is 0 Å². The average molecular weight is 336 g/mol. The predicted molar refractivity (Wildman–Crippen MR) is 86.7 cm³/mol. The highest BCUT2D eigenvalue weighted by molar-refractivity contribution is 8.04. The van der Waals surface area contributed by atoms with E-state index in [1.165, 1.54) is 43.1 Å². The highest BCUT2D eigenvalue weighted by Crippen LogP contribution is 2.36.